The molecule has 0 saturated heterocycles. The van der Waals surface area contributed by atoms with E-state index in [9.17, 15) is 13.2 Å². The maximum atomic E-state index is 10.4. The number of aromatic hydroxyl groups is 1. The topological polar surface area (TPSA) is 112 Å². The molecule has 1 rings (SSSR count). The second-order valence-corrected chi connectivity index (χ2v) is 3.93. The summed E-state index contributed by atoms with van der Waals surface area (Å²) in [5.41, 5.74) is 0. The number of hydrogen-bond acceptors (Lipinski definition) is 4. The summed E-state index contributed by atoms with van der Waals surface area (Å²) in [6, 6.07) is 4.60. The summed E-state index contributed by atoms with van der Waals surface area (Å²) in [5, 5.41) is 16.4. The molecule has 1 aromatic carbocycles. The fourth-order valence-electron chi connectivity index (χ4n) is 0.618. The Labute approximate surface area is 92.2 Å². The maximum Gasteiger partial charge on any atom is 0.327 e. The van der Waals surface area contributed by atoms with Gasteiger partial charge in [-0.2, -0.15) is 8.42 Å². The lowest BCUT2D eigenvalue weighted by atomic mass is 10.3. The third-order valence-corrected chi connectivity index (χ3v) is 2.18. The zero-order valence-corrected chi connectivity index (χ0v) is 8.88. The normalized spacial score (nSPS) is 9.81. The highest BCUT2D eigenvalue weighted by atomic mass is 32.2. The Balaban J connectivity index is 0.000000385. The summed E-state index contributed by atoms with van der Waals surface area (Å²) in [5.74, 6) is -1.03. The molecule has 88 valence electrons. The standard InChI is InChI=1S/C6H6O4S.C3H4O2/c7-5-1-3-6(4-2-5)11(8,9)10;1-2-3(4)5/h1-4,7H,(H,8,9,10);2H,1H2,(H,4,5). The predicted molar refractivity (Wildman–Crippen MR) is 55.8 cm³/mol. The Hall–Kier alpha value is -1.86. The highest BCUT2D eigenvalue weighted by molar-refractivity contribution is 7.85. The van der Waals surface area contributed by atoms with Crippen molar-refractivity contribution < 1.29 is 28.0 Å². The number of carbonyl (C=O) groups is 1. The Bertz CT molecular complexity index is 459. The fraction of sp³-hybridized carbons (Fsp3) is 0. The lowest BCUT2D eigenvalue weighted by molar-refractivity contribution is -0.131. The van der Waals surface area contributed by atoms with Gasteiger partial charge in [0.05, 0.1) is 4.90 Å². The zero-order valence-electron chi connectivity index (χ0n) is 8.07. The van der Waals surface area contributed by atoms with Gasteiger partial charge in [0.15, 0.2) is 0 Å². The van der Waals surface area contributed by atoms with Gasteiger partial charge < -0.3 is 10.2 Å². The number of carboxylic acid groups (broad SMARTS) is 1. The first kappa shape index (κ1) is 14.1. The molecule has 0 aliphatic carbocycles. The van der Waals surface area contributed by atoms with E-state index in [2.05, 4.69) is 6.58 Å². The number of phenolic OH excluding ortho intramolecular Hbond substituents is 1. The SMILES string of the molecule is C=CC(=O)O.O=S(=O)(O)c1ccc(O)cc1. The van der Waals surface area contributed by atoms with E-state index in [4.69, 9.17) is 14.8 Å². The molecule has 1 aromatic rings. The largest absolute Gasteiger partial charge is 0.508 e. The Morgan fingerprint density at radius 2 is 1.62 bits per heavy atom. The summed E-state index contributed by atoms with van der Waals surface area (Å²) >= 11 is 0. The van der Waals surface area contributed by atoms with Crippen LogP contribution in [0.1, 0.15) is 0 Å². The van der Waals surface area contributed by atoms with Crippen LogP contribution in [0.15, 0.2) is 41.8 Å². The number of carboxylic acids is 1. The van der Waals surface area contributed by atoms with Gasteiger partial charge in [0.2, 0.25) is 0 Å². The second-order valence-electron chi connectivity index (χ2n) is 2.51. The van der Waals surface area contributed by atoms with E-state index in [1.807, 2.05) is 0 Å². The number of benzene rings is 1. The van der Waals surface area contributed by atoms with Gasteiger partial charge in [-0.05, 0) is 24.3 Å². The van der Waals surface area contributed by atoms with Crippen LogP contribution in [-0.2, 0) is 14.9 Å². The van der Waals surface area contributed by atoms with Crippen molar-refractivity contribution in [3.8, 4) is 5.75 Å². The minimum atomic E-state index is -4.13. The van der Waals surface area contributed by atoms with Gasteiger partial charge in [0.25, 0.3) is 10.1 Å². The molecular weight excluding hydrogens is 236 g/mol. The van der Waals surface area contributed by atoms with Crippen molar-refractivity contribution in [2.24, 2.45) is 0 Å². The average molecular weight is 246 g/mol. The van der Waals surface area contributed by atoms with Gasteiger partial charge in [-0.15, -0.1) is 0 Å². The molecule has 0 heterocycles. The summed E-state index contributed by atoms with van der Waals surface area (Å²) in [6.07, 6.45) is 0.833. The molecule has 16 heavy (non-hydrogen) atoms. The van der Waals surface area contributed by atoms with Crippen LogP contribution in [0.2, 0.25) is 0 Å². The molecule has 0 aromatic heterocycles. The summed E-state index contributed by atoms with van der Waals surface area (Å²) in [7, 11) is -4.13. The second kappa shape index (κ2) is 5.89. The van der Waals surface area contributed by atoms with Crippen LogP contribution in [0.4, 0.5) is 0 Å². The molecule has 0 radical (unpaired) electrons. The monoisotopic (exact) mass is 246 g/mol. The van der Waals surface area contributed by atoms with Crippen LogP contribution in [0.3, 0.4) is 0 Å². The quantitative estimate of drug-likeness (QED) is 0.528. The van der Waals surface area contributed by atoms with Gasteiger partial charge >= 0.3 is 5.97 Å². The van der Waals surface area contributed by atoms with Gasteiger partial charge in [-0.1, -0.05) is 6.58 Å². The van der Waals surface area contributed by atoms with E-state index < -0.39 is 16.1 Å². The minimum Gasteiger partial charge on any atom is -0.508 e. The van der Waals surface area contributed by atoms with Crippen molar-refractivity contribution in [2.45, 2.75) is 4.90 Å². The number of rotatable bonds is 2. The van der Waals surface area contributed by atoms with Gasteiger partial charge in [-0.25, -0.2) is 4.79 Å². The van der Waals surface area contributed by atoms with Crippen LogP contribution in [0.5, 0.6) is 5.75 Å². The van der Waals surface area contributed by atoms with Gasteiger partial charge in [0, 0.05) is 6.08 Å². The molecule has 0 bridgehead atoms. The predicted octanol–water partition coefficient (Wildman–Crippen LogP) is 0.896. The minimum absolute atomic E-state index is 0.0441. The van der Waals surface area contributed by atoms with Crippen molar-refractivity contribution in [2.75, 3.05) is 0 Å². The van der Waals surface area contributed by atoms with Crippen molar-refractivity contribution in [3.63, 3.8) is 0 Å². The van der Waals surface area contributed by atoms with E-state index in [1.165, 1.54) is 12.1 Å². The summed E-state index contributed by atoms with van der Waals surface area (Å²) < 4.78 is 29.3. The summed E-state index contributed by atoms with van der Waals surface area (Å²) in [6.45, 7) is 2.96. The molecule has 7 heteroatoms. The highest BCUT2D eigenvalue weighted by Gasteiger charge is 2.07. The Morgan fingerprint density at radius 3 is 1.88 bits per heavy atom. The molecule has 0 saturated carbocycles. The van der Waals surface area contributed by atoms with E-state index in [0.29, 0.717) is 0 Å². The number of phenols is 1. The molecule has 3 N–H and O–H groups in total. The van der Waals surface area contributed by atoms with E-state index >= 15 is 0 Å². The molecule has 0 spiro atoms. The zero-order chi connectivity index (χ0) is 12.8. The van der Waals surface area contributed by atoms with Gasteiger partial charge in [-0.3, -0.25) is 4.55 Å². The van der Waals surface area contributed by atoms with Crippen molar-refractivity contribution in [1.29, 1.82) is 0 Å². The smallest absolute Gasteiger partial charge is 0.327 e. The highest BCUT2D eigenvalue weighted by Crippen LogP contribution is 2.13. The lowest BCUT2D eigenvalue weighted by Gasteiger charge is -1.94. The van der Waals surface area contributed by atoms with Crippen molar-refractivity contribution in [1.82, 2.24) is 0 Å². The van der Waals surface area contributed by atoms with Crippen LogP contribution in [0, 0.1) is 0 Å². The third-order valence-electron chi connectivity index (χ3n) is 1.31. The first-order valence-electron chi connectivity index (χ1n) is 3.89. The van der Waals surface area contributed by atoms with Crippen LogP contribution in [-0.4, -0.2) is 29.2 Å². The molecule has 0 unspecified atom stereocenters. The van der Waals surface area contributed by atoms with E-state index in [-0.39, 0.29) is 10.6 Å². The van der Waals surface area contributed by atoms with E-state index in [1.54, 1.807) is 0 Å². The number of aliphatic carboxylic acids is 1. The fourth-order valence-corrected chi connectivity index (χ4v) is 1.10. The Kier molecular flexibility index (Phi) is 5.20. The molecule has 0 amide bonds. The molecular formula is C9H10O6S. The lowest BCUT2D eigenvalue weighted by Crippen LogP contribution is -1.96. The third kappa shape index (κ3) is 5.78. The Morgan fingerprint density at radius 1 is 1.25 bits per heavy atom. The van der Waals surface area contributed by atoms with Crippen molar-refractivity contribution in [3.05, 3.63) is 36.9 Å². The van der Waals surface area contributed by atoms with Gasteiger partial charge in [0.1, 0.15) is 5.75 Å². The average Bonchev–Trinajstić information content (AvgIpc) is 2.18. The molecule has 0 aliphatic rings. The first-order chi connectivity index (χ1) is 7.27. The number of hydrogen-bond donors (Lipinski definition) is 3. The van der Waals surface area contributed by atoms with E-state index in [0.717, 1.165) is 18.2 Å². The maximum absolute atomic E-state index is 10.4. The molecule has 0 aliphatic heterocycles. The summed E-state index contributed by atoms with van der Waals surface area (Å²) in [4.78, 5) is 9.02. The molecule has 0 atom stereocenters. The molecule has 0 fully saturated rings. The van der Waals surface area contributed by atoms with Crippen LogP contribution >= 0.6 is 0 Å². The van der Waals surface area contributed by atoms with Crippen molar-refractivity contribution >= 4 is 16.1 Å². The van der Waals surface area contributed by atoms with Crippen LogP contribution < -0.4 is 0 Å². The van der Waals surface area contributed by atoms with Crippen LogP contribution in [0.25, 0.3) is 0 Å². The first-order valence-corrected chi connectivity index (χ1v) is 5.33. The molecule has 6 nitrogen and oxygen atoms in total.